The van der Waals surface area contributed by atoms with E-state index in [1.54, 1.807) is 6.20 Å². The zero-order chi connectivity index (χ0) is 5.82. The normalized spacial score (nSPS) is 12.9. The highest BCUT2D eigenvalue weighted by molar-refractivity contribution is 6.92. The minimum atomic E-state index is 0. The van der Waals surface area contributed by atoms with Gasteiger partial charge < -0.3 is 5.73 Å². The summed E-state index contributed by atoms with van der Waals surface area (Å²) in [6, 6.07) is 0. The van der Waals surface area contributed by atoms with Crippen molar-refractivity contribution >= 4 is 24.1 Å². The predicted molar refractivity (Wildman–Crippen MR) is 58.1 cm³/mol. The zero-order valence-electron chi connectivity index (χ0n) is 5.83. The molecule has 1 aliphatic heterocycles. The lowest BCUT2D eigenvalue weighted by Gasteiger charge is -1.86. The van der Waals surface area contributed by atoms with Crippen molar-refractivity contribution in [2.24, 2.45) is 10.7 Å². The van der Waals surface area contributed by atoms with Gasteiger partial charge in [0.15, 0.2) is 0 Å². The van der Waals surface area contributed by atoms with Crippen LogP contribution in [0.5, 0.6) is 0 Å². The molecule has 1 heterocycles. The molecule has 4 heteroatoms. The van der Waals surface area contributed by atoms with E-state index in [4.69, 9.17) is 5.73 Å². The Morgan fingerprint density at radius 3 is 2.64 bits per heavy atom. The van der Waals surface area contributed by atoms with Gasteiger partial charge in [-0.15, -0.1) is 0 Å². The second kappa shape index (κ2) is 9.44. The Morgan fingerprint density at radius 1 is 1.36 bits per heavy atom. The van der Waals surface area contributed by atoms with Gasteiger partial charge in [0.1, 0.15) is 5.84 Å². The summed E-state index contributed by atoms with van der Waals surface area (Å²) in [7, 11) is 0. The van der Waals surface area contributed by atoms with E-state index >= 15 is 0 Å². The molecule has 1 atom stereocenters. The lowest BCUT2D eigenvalue weighted by Crippen LogP contribution is -2.08. The molecule has 0 amide bonds. The number of nitrogens with zero attached hydrogens (tertiary/aromatic N) is 1. The summed E-state index contributed by atoms with van der Waals surface area (Å²) in [5.41, 5.74) is 5.38. The van der Waals surface area contributed by atoms with Gasteiger partial charge in [-0.1, -0.05) is 19.6 Å². The lowest BCUT2D eigenvalue weighted by atomic mass is 10.4. The zero-order valence-corrected chi connectivity index (χ0v) is 7.24. The lowest BCUT2D eigenvalue weighted by molar-refractivity contribution is 1.37. The van der Waals surface area contributed by atoms with Crippen LogP contribution in [0.4, 0.5) is 0 Å². The molecule has 0 aromatic heterocycles. The Balaban J connectivity index is -0.000000213. The highest BCUT2D eigenvalue weighted by atomic mass is 31.0. The van der Waals surface area contributed by atoms with Crippen LogP contribution in [0.1, 0.15) is 13.8 Å². The summed E-state index contributed by atoms with van der Waals surface area (Å²) in [6.07, 6.45) is 8.23. The monoisotopic (exact) mass is 169 g/mol. The average molecular weight is 169 g/mol. The maximum absolute atomic E-state index is 5.38. The summed E-state index contributed by atoms with van der Waals surface area (Å²) < 4.78 is 0. The average Bonchev–Trinajstić information content (AvgIpc) is 1.94. The summed E-state index contributed by atoms with van der Waals surface area (Å²) in [4.78, 5) is 3.88. The van der Waals surface area contributed by atoms with Crippen LogP contribution in [0.25, 0.3) is 0 Å². The molecule has 3 radical (unpaired) electrons. The van der Waals surface area contributed by atoms with Crippen LogP contribution in [0.15, 0.2) is 29.4 Å². The number of allylic oxidation sites excluding steroid dienone is 2. The fraction of sp³-hybridized carbons (Fsp3) is 0.286. The summed E-state index contributed by atoms with van der Waals surface area (Å²) in [6.45, 7) is 0. The molecule has 61 valence electrons. The Kier molecular flexibility index (Phi) is 14.4. The first-order valence-corrected chi connectivity index (χ1v) is 2.53. The van der Waals surface area contributed by atoms with Crippen molar-refractivity contribution in [3.8, 4) is 0 Å². The van der Waals surface area contributed by atoms with E-state index in [2.05, 4.69) is 4.99 Å². The number of nitrogens with two attached hydrogens (primary N) is 1. The Labute approximate surface area is 73.9 Å². The van der Waals surface area contributed by atoms with E-state index in [1.807, 2.05) is 18.2 Å². The highest BCUT2D eigenvalue weighted by Gasteiger charge is 1.85. The van der Waals surface area contributed by atoms with Crippen LogP contribution in [-0.2, 0) is 0 Å². The number of hydrogen-bond acceptors (Lipinski definition) is 2. The van der Waals surface area contributed by atoms with Crippen molar-refractivity contribution in [3.05, 3.63) is 24.4 Å². The highest BCUT2D eigenvalue weighted by Crippen LogP contribution is 1.90. The van der Waals surface area contributed by atoms with Crippen LogP contribution in [0.2, 0.25) is 0 Å². The van der Waals surface area contributed by atoms with Gasteiger partial charge in [-0.25, -0.2) is 4.99 Å². The van der Waals surface area contributed by atoms with Gasteiger partial charge in [0.2, 0.25) is 0 Å². The second-order valence-corrected chi connectivity index (χ2v) is 1.59. The molecule has 0 aromatic carbocycles. The molecule has 0 spiro atoms. The Hall–Kier alpha value is -0.555. The van der Waals surface area contributed by atoms with Crippen molar-refractivity contribution in [2.45, 2.75) is 13.8 Å². The van der Waals surface area contributed by atoms with Crippen molar-refractivity contribution in [1.29, 1.82) is 0 Å². The fourth-order valence-electron chi connectivity index (χ4n) is 0.509. The molecule has 1 unspecified atom stereocenters. The quantitative estimate of drug-likeness (QED) is 0.428. The second-order valence-electron chi connectivity index (χ2n) is 1.59. The SMILES string of the molecule is C.NC1=NC=CC=CC1.P.[B]. The molecule has 0 bridgehead atoms. The Bertz CT molecular complexity index is 164. The van der Waals surface area contributed by atoms with Gasteiger partial charge in [-0.3, -0.25) is 0 Å². The molecule has 2 N–H and O–H groups in total. The van der Waals surface area contributed by atoms with Gasteiger partial charge in [-0.2, -0.15) is 9.90 Å². The third kappa shape index (κ3) is 7.34. The van der Waals surface area contributed by atoms with Gasteiger partial charge >= 0.3 is 0 Å². The molecular weight excluding hydrogens is 154 g/mol. The van der Waals surface area contributed by atoms with Crippen LogP contribution >= 0.6 is 9.90 Å². The molecule has 11 heavy (non-hydrogen) atoms. The third-order valence-corrected chi connectivity index (χ3v) is 0.901. The molecule has 0 aliphatic carbocycles. The van der Waals surface area contributed by atoms with Crippen LogP contribution in [-0.4, -0.2) is 14.2 Å². The van der Waals surface area contributed by atoms with E-state index in [9.17, 15) is 0 Å². The first-order valence-electron chi connectivity index (χ1n) is 2.53. The van der Waals surface area contributed by atoms with Gasteiger partial charge in [-0.05, 0) is 6.08 Å². The van der Waals surface area contributed by atoms with Crippen molar-refractivity contribution in [2.75, 3.05) is 0 Å². The summed E-state index contributed by atoms with van der Waals surface area (Å²) in [5, 5.41) is 0. The van der Waals surface area contributed by atoms with E-state index in [1.165, 1.54) is 0 Å². The maximum atomic E-state index is 5.38. The van der Waals surface area contributed by atoms with Crippen molar-refractivity contribution in [1.82, 2.24) is 0 Å². The first-order chi connectivity index (χ1) is 3.89. The van der Waals surface area contributed by atoms with Gasteiger partial charge in [0, 0.05) is 21.0 Å². The van der Waals surface area contributed by atoms with Gasteiger partial charge in [0.05, 0.1) is 0 Å². The van der Waals surface area contributed by atoms with Crippen LogP contribution < -0.4 is 5.73 Å². The van der Waals surface area contributed by atoms with E-state index in [-0.39, 0.29) is 25.7 Å². The molecule has 1 rings (SSSR count). The van der Waals surface area contributed by atoms with Crippen molar-refractivity contribution < 1.29 is 0 Å². The molecule has 0 saturated carbocycles. The Morgan fingerprint density at radius 2 is 2.00 bits per heavy atom. The van der Waals surface area contributed by atoms with Crippen molar-refractivity contribution in [3.63, 3.8) is 0 Å². The fourth-order valence-corrected chi connectivity index (χ4v) is 0.509. The summed E-state index contributed by atoms with van der Waals surface area (Å²) >= 11 is 0. The minimum absolute atomic E-state index is 0. The molecule has 0 saturated heterocycles. The first kappa shape index (κ1) is 16.8. The predicted octanol–water partition coefficient (Wildman–Crippen LogP) is 1.13. The number of rotatable bonds is 0. The number of aliphatic imine (C=N–C) groups is 1. The molecule has 0 aromatic rings. The smallest absolute Gasteiger partial charge is 0.103 e. The maximum Gasteiger partial charge on any atom is 0.103 e. The topological polar surface area (TPSA) is 38.4 Å². The van der Waals surface area contributed by atoms with E-state index < -0.39 is 0 Å². The number of hydrogen-bond donors (Lipinski definition) is 1. The minimum Gasteiger partial charge on any atom is -0.387 e. The standard InChI is InChI=1S/C6H8N2.CH4.B.H3P/c7-6-4-2-1-3-5-8-6;;;/h1-3,5H,4H2,(H2,7,8);1H4;;1H3. The van der Waals surface area contributed by atoms with Crippen LogP contribution in [0.3, 0.4) is 0 Å². The molecule has 0 fully saturated rings. The largest absolute Gasteiger partial charge is 0.387 e. The molecule has 1 aliphatic rings. The van der Waals surface area contributed by atoms with E-state index in [0.29, 0.717) is 5.84 Å². The molecular formula is C7H15BN2P. The third-order valence-electron chi connectivity index (χ3n) is 0.901. The number of amidine groups is 1. The molecule has 2 nitrogen and oxygen atoms in total. The summed E-state index contributed by atoms with van der Waals surface area (Å²) in [5.74, 6) is 0.676. The van der Waals surface area contributed by atoms with E-state index in [0.717, 1.165) is 6.42 Å². The van der Waals surface area contributed by atoms with Gasteiger partial charge in [0.25, 0.3) is 0 Å². The van der Waals surface area contributed by atoms with Crippen LogP contribution in [0, 0.1) is 0 Å².